The molecule has 2 heterocycles. The van der Waals surface area contributed by atoms with Crippen molar-refractivity contribution in [2.45, 2.75) is 31.7 Å². The molecule has 1 amide bonds. The summed E-state index contributed by atoms with van der Waals surface area (Å²) in [7, 11) is 0. The number of nitrogens with zero attached hydrogens (tertiary/aromatic N) is 2. The van der Waals surface area contributed by atoms with Gasteiger partial charge in [-0.1, -0.05) is 0 Å². The first-order chi connectivity index (χ1) is 9.56. The minimum absolute atomic E-state index is 0.0476. The SMILES string of the molecule is O=C(O)[C@@H]1CCCN(C(=O)c2cc(Br)cn2C2CC2)C1. The fourth-order valence-corrected chi connectivity index (χ4v) is 3.23. The second-order valence-electron chi connectivity index (χ2n) is 5.61. The van der Waals surface area contributed by atoms with Gasteiger partial charge in [0.1, 0.15) is 5.69 Å². The Labute approximate surface area is 125 Å². The summed E-state index contributed by atoms with van der Waals surface area (Å²) in [6.45, 7) is 0.970. The lowest BCUT2D eigenvalue weighted by Gasteiger charge is -2.31. The number of carbonyl (C=O) groups is 2. The third-order valence-electron chi connectivity index (χ3n) is 4.03. The van der Waals surface area contributed by atoms with E-state index in [1.54, 1.807) is 4.90 Å². The lowest BCUT2D eigenvalue weighted by molar-refractivity contribution is -0.143. The Balaban J connectivity index is 1.80. The van der Waals surface area contributed by atoms with E-state index in [1.807, 2.05) is 16.8 Å². The molecule has 1 aromatic heterocycles. The zero-order valence-electron chi connectivity index (χ0n) is 11.1. The Hall–Kier alpha value is -1.30. The molecule has 1 N–H and O–H groups in total. The molecule has 108 valence electrons. The molecule has 6 heteroatoms. The summed E-state index contributed by atoms with van der Waals surface area (Å²) in [6.07, 6.45) is 5.59. The highest BCUT2D eigenvalue weighted by Crippen LogP contribution is 2.38. The maximum atomic E-state index is 12.6. The van der Waals surface area contributed by atoms with Crippen molar-refractivity contribution in [1.82, 2.24) is 9.47 Å². The highest BCUT2D eigenvalue weighted by Gasteiger charge is 2.32. The summed E-state index contributed by atoms with van der Waals surface area (Å²) < 4.78 is 2.93. The summed E-state index contributed by atoms with van der Waals surface area (Å²) >= 11 is 3.42. The van der Waals surface area contributed by atoms with Crippen LogP contribution in [0.4, 0.5) is 0 Å². The number of aliphatic carboxylic acids is 1. The van der Waals surface area contributed by atoms with Crippen LogP contribution < -0.4 is 0 Å². The molecule has 0 unspecified atom stereocenters. The van der Waals surface area contributed by atoms with E-state index in [4.69, 9.17) is 5.11 Å². The molecule has 1 atom stereocenters. The lowest BCUT2D eigenvalue weighted by Crippen LogP contribution is -2.42. The number of hydrogen-bond donors (Lipinski definition) is 1. The summed E-state index contributed by atoms with van der Waals surface area (Å²) in [5, 5.41) is 9.11. The van der Waals surface area contributed by atoms with Gasteiger partial charge in [0.05, 0.1) is 5.92 Å². The molecule has 3 rings (SSSR count). The summed E-state index contributed by atoms with van der Waals surface area (Å²) in [5.41, 5.74) is 0.672. The van der Waals surface area contributed by atoms with Crippen molar-refractivity contribution in [3.05, 3.63) is 22.4 Å². The number of carboxylic acid groups (broad SMARTS) is 1. The van der Waals surface area contributed by atoms with Crippen LogP contribution in [0.3, 0.4) is 0 Å². The van der Waals surface area contributed by atoms with E-state index < -0.39 is 11.9 Å². The van der Waals surface area contributed by atoms with Crippen LogP contribution in [0.1, 0.15) is 42.2 Å². The van der Waals surface area contributed by atoms with Gasteiger partial charge < -0.3 is 14.6 Å². The third-order valence-corrected chi connectivity index (χ3v) is 4.47. The van der Waals surface area contributed by atoms with Gasteiger partial charge in [0.2, 0.25) is 0 Å². The third kappa shape index (κ3) is 2.61. The Morgan fingerprint density at radius 3 is 2.70 bits per heavy atom. The van der Waals surface area contributed by atoms with Crippen LogP contribution in [0.15, 0.2) is 16.7 Å². The zero-order valence-corrected chi connectivity index (χ0v) is 12.7. The first kappa shape index (κ1) is 13.7. The molecule has 1 saturated carbocycles. The van der Waals surface area contributed by atoms with Crippen LogP contribution in [-0.2, 0) is 4.79 Å². The van der Waals surface area contributed by atoms with Gasteiger partial charge in [0, 0.05) is 29.8 Å². The molecule has 2 aliphatic rings. The molecule has 2 fully saturated rings. The van der Waals surface area contributed by atoms with Gasteiger partial charge in [-0.25, -0.2) is 0 Å². The van der Waals surface area contributed by atoms with E-state index in [2.05, 4.69) is 15.9 Å². The second-order valence-corrected chi connectivity index (χ2v) is 6.53. The monoisotopic (exact) mass is 340 g/mol. The fourth-order valence-electron chi connectivity index (χ4n) is 2.80. The van der Waals surface area contributed by atoms with Crippen LogP contribution in [-0.4, -0.2) is 39.5 Å². The first-order valence-corrected chi connectivity index (χ1v) is 7.75. The van der Waals surface area contributed by atoms with Crippen molar-refractivity contribution in [1.29, 1.82) is 0 Å². The lowest BCUT2D eigenvalue weighted by atomic mass is 9.98. The van der Waals surface area contributed by atoms with Crippen molar-refractivity contribution in [3.63, 3.8) is 0 Å². The van der Waals surface area contributed by atoms with E-state index in [-0.39, 0.29) is 5.91 Å². The maximum Gasteiger partial charge on any atom is 0.308 e. The molecule has 20 heavy (non-hydrogen) atoms. The quantitative estimate of drug-likeness (QED) is 0.919. The van der Waals surface area contributed by atoms with Gasteiger partial charge in [0.25, 0.3) is 5.91 Å². The minimum atomic E-state index is -0.804. The normalized spacial score (nSPS) is 22.9. The molecule has 5 nitrogen and oxygen atoms in total. The number of rotatable bonds is 3. The number of piperidine rings is 1. The number of carbonyl (C=O) groups excluding carboxylic acids is 1. The van der Waals surface area contributed by atoms with E-state index in [0.717, 1.165) is 23.7 Å². The molecular weight excluding hydrogens is 324 g/mol. The number of carboxylic acids is 1. The van der Waals surface area contributed by atoms with Crippen LogP contribution in [0, 0.1) is 5.92 Å². The maximum absolute atomic E-state index is 12.6. The van der Waals surface area contributed by atoms with Crippen LogP contribution in [0.5, 0.6) is 0 Å². The fraction of sp³-hybridized carbons (Fsp3) is 0.571. The number of amides is 1. The van der Waals surface area contributed by atoms with Crippen LogP contribution in [0.2, 0.25) is 0 Å². The summed E-state index contributed by atoms with van der Waals surface area (Å²) in [5.74, 6) is -1.28. The number of likely N-dealkylation sites (tertiary alicyclic amines) is 1. The Kier molecular flexibility index (Phi) is 3.58. The van der Waals surface area contributed by atoms with Crippen molar-refractivity contribution < 1.29 is 14.7 Å². The largest absolute Gasteiger partial charge is 0.481 e. The Morgan fingerprint density at radius 1 is 1.30 bits per heavy atom. The molecule has 1 aliphatic heterocycles. The number of hydrogen-bond acceptors (Lipinski definition) is 2. The topological polar surface area (TPSA) is 62.5 Å². The average Bonchev–Trinajstić information content (AvgIpc) is 3.21. The minimum Gasteiger partial charge on any atom is -0.481 e. The highest BCUT2D eigenvalue weighted by atomic mass is 79.9. The smallest absolute Gasteiger partial charge is 0.308 e. The Morgan fingerprint density at radius 2 is 2.05 bits per heavy atom. The number of aromatic nitrogens is 1. The molecule has 0 bridgehead atoms. The van der Waals surface area contributed by atoms with E-state index >= 15 is 0 Å². The molecule has 1 saturated heterocycles. The predicted molar refractivity (Wildman–Crippen MR) is 76.7 cm³/mol. The standard InChI is InChI=1S/C14H17BrN2O3/c15-10-6-12(17(8-10)11-3-4-11)13(18)16-5-1-2-9(7-16)14(19)20/h6,8-9,11H,1-5,7H2,(H,19,20)/t9-/m1/s1. The summed E-state index contributed by atoms with van der Waals surface area (Å²) in [4.78, 5) is 25.4. The van der Waals surface area contributed by atoms with Gasteiger partial charge in [-0.3, -0.25) is 9.59 Å². The Bertz CT molecular complexity index is 551. The summed E-state index contributed by atoms with van der Waals surface area (Å²) in [6, 6.07) is 2.27. The molecule has 1 aliphatic carbocycles. The van der Waals surface area contributed by atoms with Crippen LogP contribution in [0.25, 0.3) is 0 Å². The van der Waals surface area contributed by atoms with Gasteiger partial charge >= 0.3 is 5.97 Å². The van der Waals surface area contributed by atoms with Crippen molar-refractivity contribution in [2.75, 3.05) is 13.1 Å². The molecule has 1 aromatic rings. The predicted octanol–water partition coefficient (Wildman–Crippen LogP) is 2.52. The highest BCUT2D eigenvalue weighted by molar-refractivity contribution is 9.10. The van der Waals surface area contributed by atoms with E-state index in [9.17, 15) is 9.59 Å². The van der Waals surface area contributed by atoms with Gasteiger partial charge in [-0.2, -0.15) is 0 Å². The zero-order chi connectivity index (χ0) is 14.3. The van der Waals surface area contributed by atoms with Crippen molar-refractivity contribution in [2.24, 2.45) is 5.92 Å². The average molecular weight is 341 g/mol. The second kappa shape index (κ2) is 5.24. The first-order valence-electron chi connectivity index (χ1n) is 6.95. The van der Waals surface area contributed by atoms with Crippen molar-refractivity contribution >= 4 is 27.8 Å². The van der Waals surface area contributed by atoms with Crippen molar-refractivity contribution in [3.8, 4) is 0 Å². The van der Waals surface area contributed by atoms with Gasteiger partial charge in [-0.05, 0) is 47.7 Å². The molecular formula is C14H17BrN2O3. The van der Waals surface area contributed by atoms with Gasteiger partial charge in [-0.15, -0.1) is 0 Å². The van der Waals surface area contributed by atoms with E-state index in [1.165, 1.54) is 0 Å². The molecule has 0 aromatic carbocycles. The molecule has 0 radical (unpaired) electrons. The van der Waals surface area contributed by atoms with E-state index in [0.29, 0.717) is 31.2 Å². The molecule has 0 spiro atoms. The van der Waals surface area contributed by atoms with Crippen LogP contribution >= 0.6 is 15.9 Å². The number of halogens is 1. The van der Waals surface area contributed by atoms with Gasteiger partial charge in [0.15, 0.2) is 0 Å².